The zero-order chi connectivity index (χ0) is 15.7. The summed E-state index contributed by atoms with van der Waals surface area (Å²) in [6.07, 6.45) is 3.81. The van der Waals surface area contributed by atoms with E-state index in [2.05, 4.69) is 20.4 Å². The second-order valence-electron chi connectivity index (χ2n) is 5.32. The molecule has 0 saturated heterocycles. The number of nitrogens with zero attached hydrogens (tertiary/aromatic N) is 4. The molecule has 7 heteroatoms. The van der Waals surface area contributed by atoms with Gasteiger partial charge in [0, 0.05) is 24.9 Å². The Hall–Kier alpha value is -2.54. The highest BCUT2D eigenvalue weighted by molar-refractivity contribution is 5.53. The van der Waals surface area contributed by atoms with E-state index in [1.807, 2.05) is 33.0 Å². The Kier molecular flexibility index (Phi) is 3.72. The summed E-state index contributed by atoms with van der Waals surface area (Å²) < 4.78 is 6.68. The molecule has 1 atom stereocenters. The number of aromatic nitrogens is 4. The second-order valence-corrected chi connectivity index (χ2v) is 5.32. The third kappa shape index (κ3) is 2.62. The van der Waals surface area contributed by atoms with Gasteiger partial charge in [0.2, 0.25) is 0 Å². The summed E-state index contributed by atoms with van der Waals surface area (Å²) >= 11 is 0. The maximum atomic E-state index is 12.5. The summed E-state index contributed by atoms with van der Waals surface area (Å²) in [5.41, 5.74) is 1.72. The zero-order valence-electron chi connectivity index (χ0n) is 12.7. The molecule has 0 aliphatic heterocycles. The van der Waals surface area contributed by atoms with E-state index < -0.39 is 0 Å². The highest BCUT2D eigenvalue weighted by Gasteiger charge is 2.15. The monoisotopic (exact) mass is 299 g/mol. The molecule has 3 heterocycles. The molecule has 0 fully saturated rings. The lowest BCUT2D eigenvalue weighted by molar-refractivity contribution is 0.417. The van der Waals surface area contributed by atoms with Crippen molar-refractivity contribution in [1.82, 2.24) is 24.8 Å². The first-order chi connectivity index (χ1) is 10.6. The summed E-state index contributed by atoms with van der Waals surface area (Å²) in [5, 5.41) is 7.02. The van der Waals surface area contributed by atoms with Gasteiger partial charge in [-0.05, 0) is 38.6 Å². The Morgan fingerprint density at radius 1 is 1.45 bits per heavy atom. The molecular weight excluding hydrogens is 282 g/mol. The number of nitrogens with one attached hydrogen (secondary N) is 1. The predicted octanol–water partition coefficient (Wildman–Crippen LogP) is 1.20. The van der Waals surface area contributed by atoms with Crippen LogP contribution in [0, 0.1) is 6.92 Å². The maximum Gasteiger partial charge on any atom is 0.270 e. The molecule has 0 aliphatic rings. The fourth-order valence-electron chi connectivity index (χ4n) is 2.15. The van der Waals surface area contributed by atoms with Gasteiger partial charge in [0.25, 0.3) is 11.4 Å². The van der Waals surface area contributed by atoms with Crippen LogP contribution in [0.15, 0.2) is 33.8 Å². The normalized spacial score (nSPS) is 12.7. The summed E-state index contributed by atoms with van der Waals surface area (Å²) in [4.78, 5) is 21.1. The van der Waals surface area contributed by atoms with Crippen molar-refractivity contribution < 1.29 is 4.52 Å². The lowest BCUT2D eigenvalue weighted by Gasteiger charge is -2.04. The Morgan fingerprint density at radius 3 is 3.05 bits per heavy atom. The highest BCUT2D eigenvalue weighted by Crippen LogP contribution is 2.13. The molecule has 0 bridgehead atoms. The number of aryl methyl sites for hydroxylation is 1. The van der Waals surface area contributed by atoms with E-state index in [9.17, 15) is 4.79 Å². The first kappa shape index (κ1) is 14.4. The van der Waals surface area contributed by atoms with Gasteiger partial charge in [-0.2, -0.15) is 4.98 Å². The quantitative estimate of drug-likeness (QED) is 0.779. The van der Waals surface area contributed by atoms with Crippen molar-refractivity contribution >= 4 is 5.65 Å². The number of hydrogen-bond donors (Lipinski definition) is 1. The van der Waals surface area contributed by atoms with E-state index in [-0.39, 0.29) is 17.5 Å². The summed E-state index contributed by atoms with van der Waals surface area (Å²) in [7, 11) is 1.87. The van der Waals surface area contributed by atoms with E-state index in [1.54, 1.807) is 6.20 Å². The minimum atomic E-state index is -0.220. The van der Waals surface area contributed by atoms with Crippen molar-refractivity contribution in [2.24, 2.45) is 0 Å². The van der Waals surface area contributed by atoms with Crippen LogP contribution in [0.5, 0.6) is 0 Å². The number of pyridine rings is 1. The molecule has 1 N–H and O–H groups in total. The molecule has 0 aliphatic carbocycles. The van der Waals surface area contributed by atoms with Crippen LogP contribution in [0.25, 0.3) is 17.1 Å². The van der Waals surface area contributed by atoms with Crippen molar-refractivity contribution in [3.8, 4) is 11.5 Å². The van der Waals surface area contributed by atoms with Gasteiger partial charge in [-0.1, -0.05) is 5.16 Å². The maximum absolute atomic E-state index is 12.5. The number of fused-ring (bicyclic) bond motifs is 1. The average molecular weight is 299 g/mol. The highest BCUT2D eigenvalue weighted by atomic mass is 16.5. The Labute approximate surface area is 127 Å². The summed E-state index contributed by atoms with van der Waals surface area (Å²) in [6, 6.07) is 3.93. The molecule has 114 valence electrons. The van der Waals surface area contributed by atoms with Crippen LogP contribution in [0.3, 0.4) is 0 Å². The van der Waals surface area contributed by atoms with Crippen molar-refractivity contribution in [2.75, 3.05) is 7.05 Å². The number of rotatable bonds is 4. The molecule has 0 amide bonds. The van der Waals surface area contributed by atoms with Crippen LogP contribution >= 0.6 is 0 Å². The van der Waals surface area contributed by atoms with E-state index in [0.29, 0.717) is 23.5 Å². The van der Waals surface area contributed by atoms with E-state index >= 15 is 0 Å². The minimum Gasteiger partial charge on any atom is -0.334 e. The first-order valence-corrected chi connectivity index (χ1v) is 7.06. The molecule has 7 nitrogen and oxygen atoms in total. The lowest BCUT2D eigenvalue weighted by atomic mass is 10.2. The first-order valence-electron chi connectivity index (χ1n) is 7.06. The van der Waals surface area contributed by atoms with Gasteiger partial charge in [-0.15, -0.1) is 0 Å². The zero-order valence-corrected chi connectivity index (χ0v) is 12.7. The molecule has 22 heavy (non-hydrogen) atoms. The van der Waals surface area contributed by atoms with E-state index in [0.717, 1.165) is 5.56 Å². The third-order valence-electron chi connectivity index (χ3n) is 3.55. The molecule has 0 spiro atoms. The molecule has 3 aromatic heterocycles. The minimum absolute atomic E-state index is 0.200. The molecule has 0 saturated carbocycles. The standard InChI is InChI=1S/C15H17N5O2/c1-9-4-5-20-13(6-9)17-8-11(15(20)21)14-18-12(19-22-14)7-10(2)16-3/h4-6,8,10,16H,7H2,1-3H3. The molecule has 1 unspecified atom stereocenters. The number of hydrogen-bond acceptors (Lipinski definition) is 6. The average Bonchev–Trinajstić information content (AvgIpc) is 2.95. The van der Waals surface area contributed by atoms with Gasteiger partial charge in [0.1, 0.15) is 11.2 Å². The van der Waals surface area contributed by atoms with Crippen LogP contribution < -0.4 is 10.9 Å². The molecule has 0 radical (unpaired) electrons. The van der Waals surface area contributed by atoms with Crippen molar-refractivity contribution in [3.05, 3.63) is 46.3 Å². The SMILES string of the molecule is CNC(C)Cc1noc(-c2cnc3cc(C)ccn3c2=O)n1. The molecular formula is C15H17N5O2. The van der Waals surface area contributed by atoms with Gasteiger partial charge < -0.3 is 9.84 Å². The number of likely N-dealkylation sites (N-methyl/N-ethyl adjacent to an activating group) is 1. The summed E-state index contributed by atoms with van der Waals surface area (Å²) in [6.45, 7) is 3.97. The topological polar surface area (TPSA) is 85.3 Å². The molecule has 3 aromatic rings. The van der Waals surface area contributed by atoms with Gasteiger partial charge in [-0.3, -0.25) is 9.20 Å². The van der Waals surface area contributed by atoms with E-state index in [1.165, 1.54) is 10.6 Å². The van der Waals surface area contributed by atoms with E-state index in [4.69, 9.17) is 4.52 Å². The smallest absolute Gasteiger partial charge is 0.270 e. The second kappa shape index (κ2) is 5.69. The molecule has 0 aromatic carbocycles. The van der Waals surface area contributed by atoms with Crippen LogP contribution in [0.1, 0.15) is 18.3 Å². The van der Waals surface area contributed by atoms with Crippen molar-refractivity contribution in [3.63, 3.8) is 0 Å². The fraction of sp³-hybridized carbons (Fsp3) is 0.333. The van der Waals surface area contributed by atoms with Crippen LogP contribution in [0.2, 0.25) is 0 Å². The van der Waals surface area contributed by atoms with Gasteiger partial charge in [-0.25, -0.2) is 4.98 Å². The third-order valence-corrected chi connectivity index (χ3v) is 3.55. The van der Waals surface area contributed by atoms with Crippen LogP contribution in [-0.4, -0.2) is 32.6 Å². The van der Waals surface area contributed by atoms with Gasteiger partial charge in [0.05, 0.1) is 0 Å². The summed E-state index contributed by atoms with van der Waals surface area (Å²) in [5.74, 6) is 0.760. The predicted molar refractivity (Wildman–Crippen MR) is 81.7 cm³/mol. The largest absolute Gasteiger partial charge is 0.334 e. The lowest BCUT2D eigenvalue weighted by Crippen LogP contribution is -2.24. The van der Waals surface area contributed by atoms with Crippen molar-refractivity contribution in [2.45, 2.75) is 26.3 Å². The van der Waals surface area contributed by atoms with Crippen molar-refractivity contribution in [1.29, 1.82) is 0 Å². The Morgan fingerprint density at radius 2 is 2.27 bits per heavy atom. The van der Waals surface area contributed by atoms with Gasteiger partial charge >= 0.3 is 0 Å². The Bertz CT molecular complexity index is 868. The molecule has 3 rings (SSSR count). The Balaban J connectivity index is 2.02. The van der Waals surface area contributed by atoms with Crippen LogP contribution in [-0.2, 0) is 6.42 Å². The van der Waals surface area contributed by atoms with Gasteiger partial charge in [0.15, 0.2) is 5.82 Å². The van der Waals surface area contributed by atoms with Crippen LogP contribution in [0.4, 0.5) is 0 Å². The fourth-order valence-corrected chi connectivity index (χ4v) is 2.15.